The normalized spacial score (nSPS) is 11.6. The van der Waals surface area contributed by atoms with Crippen molar-refractivity contribution in [2.75, 3.05) is 0 Å². The molecule has 6 heteroatoms. The molecule has 0 unspecified atom stereocenters. The average Bonchev–Trinajstić information content (AvgIpc) is 2.94. The Morgan fingerprint density at radius 3 is 2.41 bits per heavy atom. The molecule has 0 N–H and O–H groups in total. The first-order chi connectivity index (χ1) is 10.4. The Kier molecular flexibility index (Phi) is 3.66. The summed E-state index contributed by atoms with van der Waals surface area (Å²) in [6, 6.07) is 17.0. The number of halogens is 4. The van der Waals surface area contributed by atoms with Gasteiger partial charge in [0.15, 0.2) is 5.69 Å². The van der Waals surface area contributed by atoms with Gasteiger partial charge in [0.2, 0.25) is 0 Å². The van der Waals surface area contributed by atoms with Crippen molar-refractivity contribution in [1.82, 2.24) is 9.78 Å². The van der Waals surface area contributed by atoms with Crippen LogP contribution in [-0.2, 0) is 6.18 Å². The third-order valence-electron chi connectivity index (χ3n) is 3.07. The summed E-state index contributed by atoms with van der Waals surface area (Å²) in [5.74, 6) is 0. The maximum Gasteiger partial charge on any atom is 0.435 e. The quantitative estimate of drug-likeness (QED) is 0.648. The monoisotopic (exact) mass is 321 g/mol. The molecule has 2 nitrogen and oxygen atoms in total. The van der Waals surface area contributed by atoms with E-state index in [0.29, 0.717) is 22.0 Å². The lowest BCUT2D eigenvalue weighted by Gasteiger charge is -2.07. The molecule has 111 valence electrons. The Morgan fingerprint density at radius 2 is 1.82 bits per heavy atom. The predicted molar refractivity (Wildman–Crippen MR) is 77.8 cm³/mol. The maximum atomic E-state index is 13.0. The second kappa shape index (κ2) is 5.50. The van der Waals surface area contributed by atoms with Gasteiger partial charge in [-0.2, -0.15) is 18.3 Å². The van der Waals surface area contributed by atoms with Crippen molar-refractivity contribution in [2.45, 2.75) is 6.18 Å². The summed E-state index contributed by atoms with van der Waals surface area (Å²) < 4.78 is 40.2. The second-order valence-electron chi connectivity index (χ2n) is 4.59. The average molecular weight is 322 g/mol. The van der Waals surface area contributed by atoms with Crippen LogP contribution in [0.2, 0.25) is 5.02 Å². The molecule has 3 rings (SSSR count). The van der Waals surface area contributed by atoms with E-state index in [4.69, 9.17) is 11.6 Å². The predicted octanol–water partition coefficient (Wildman–Crippen LogP) is 5.01. The van der Waals surface area contributed by atoms with Crippen molar-refractivity contribution < 1.29 is 13.2 Å². The molecule has 0 aliphatic carbocycles. The first kappa shape index (κ1) is 14.7. The molecule has 0 saturated heterocycles. The molecule has 0 bridgehead atoms. The van der Waals surface area contributed by atoms with Crippen LogP contribution >= 0.6 is 11.6 Å². The van der Waals surface area contributed by atoms with Crippen LogP contribution in [0.5, 0.6) is 0 Å². The zero-order valence-corrected chi connectivity index (χ0v) is 11.9. The van der Waals surface area contributed by atoms with E-state index in [1.807, 2.05) is 0 Å². The second-order valence-corrected chi connectivity index (χ2v) is 5.03. The van der Waals surface area contributed by atoms with Gasteiger partial charge in [-0.05, 0) is 42.5 Å². The Bertz CT molecular complexity index is 777. The number of hydrogen-bond acceptors (Lipinski definition) is 1. The molecule has 0 saturated carbocycles. The molecular formula is C16H9ClF3N2. The number of rotatable bonds is 2. The van der Waals surface area contributed by atoms with Gasteiger partial charge in [0, 0.05) is 10.6 Å². The molecule has 3 aromatic rings. The molecule has 22 heavy (non-hydrogen) atoms. The molecule has 0 aliphatic rings. The van der Waals surface area contributed by atoms with Crippen LogP contribution in [0.4, 0.5) is 13.2 Å². The Hall–Kier alpha value is -2.27. The highest BCUT2D eigenvalue weighted by Gasteiger charge is 2.35. The molecule has 0 aliphatic heterocycles. The van der Waals surface area contributed by atoms with Crippen molar-refractivity contribution in [3.63, 3.8) is 0 Å². The fourth-order valence-electron chi connectivity index (χ4n) is 2.06. The lowest BCUT2D eigenvalue weighted by Crippen LogP contribution is -2.07. The highest BCUT2D eigenvalue weighted by atomic mass is 35.5. The summed E-state index contributed by atoms with van der Waals surface area (Å²) >= 11 is 5.82. The summed E-state index contributed by atoms with van der Waals surface area (Å²) in [4.78, 5) is 0. The fraction of sp³-hybridized carbons (Fsp3) is 0.0625. The maximum absolute atomic E-state index is 13.0. The lowest BCUT2D eigenvalue weighted by atomic mass is 10.1. The SMILES string of the molecule is FC(F)(F)c1cc(-c2c[c]ccc2)n(-c2ccc(Cl)cc2)n1. The van der Waals surface area contributed by atoms with Crippen LogP contribution in [0, 0.1) is 6.07 Å². The molecule has 1 radical (unpaired) electrons. The van der Waals surface area contributed by atoms with Crippen molar-refractivity contribution in [1.29, 1.82) is 0 Å². The van der Waals surface area contributed by atoms with Gasteiger partial charge in [-0.1, -0.05) is 29.8 Å². The van der Waals surface area contributed by atoms with E-state index >= 15 is 0 Å². The number of benzene rings is 2. The van der Waals surface area contributed by atoms with Gasteiger partial charge in [-0.15, -0.1) is 0 Å². The Balaban J connectivity index is 2.19. The van der Waals surface area contributed by atoms with E-state index in [1.54, 1.807) is 48.5 Å². The number of hydrogen-bond donors (Lipinski definition) is 0. The van der Waals surface area contributed by atoms with Gasteiger partial charge in [-0.3, -0.25) is 0 Å². The molecule has 1 heterocycles. The first-order valence-corrected chi connectivity index (χ1v) is 6.72. The van der Waals surface area contributed by atoms with Gasteiger partial charge in [0.25, 0.3) is 0 Å². The third-order valence-corrected chi connectivity index (χ3v) is 3.33. The fourth-order valence-corrected chi connectivity index (χ4v) is 2.18. The van der Waals surface area contributed by atoms with Crippen LogP contribution in [0.25, 0.3) is 16.9 Å². The number of aromatic nitrogens is 2. The van der Waals surface area contributed by atoms with Crippen molar-refractivity contribution >= 4 is 11.6 Å². The highest BCUT2D eigenvalue weighted by molar-refractivity contribution is 6.30. The summed E-state index contributed by atoms with van der Waals surface area (Å²) in [6.07, 6.45) is -4.51. The molecular weight excluding hydrogens is 313 g/mol. The van der Waals surface area contributed by atoms with Crippen LogP contribution in [-0.4, -0.2) is 9.78 Å². The Morgan fingerprint density at radius 1 is 1.09 bits per heavy atom. The largest absolute Gasteiger partial charge is 0.435 e. The van der Waals surface area contributed by atoms with E-state index in [0.717, 1.165) is 6.07 Å². The third kappa shape index (κ3) is 2.85. The van der Waals surface area contributed by atoms with Gasteiger partial charge < -0.3 is 0 Å². The van der Waals surface area contributed by atoms with Crippen molar-refractivity contribution in [3.8, 4) is 16.9 Å². The smallest absolute Gasteiger partial charge is 0.233 e. The topological polar surface area (TPSA) is 17.8 Å². The number of alkyl halides is 3. The zero-order valence-electron chi connectivity index (χ0n) is 11.1. The van der Waals surface area contributed by atoms with Crippen molar-refractivity contribution in [3.05, 3.63) is 71.4 Å². The minimum atomic E-state index is -4.51. The summed E-state index contributed by atoms with van der Waals surface area (Å²) in [5.41, 5.74) is 0.493. The van der Waals surface area contributed by atoms with E-state index < -0.39 is 11.9 Å². The van der Waals surface area contributed by atoms with Crippen LogP contribution < -0.4 is 0 Å². The number of nitrogens with zero attached hydrogens (tertiary/aromatic N) is 2. The Labute approximate surface area is 129 Å². The highest BCUT2D eigenvalue weighted by Crippen LogP contribution is 2.33. The summed E-state index contributed by atoms with van der Waals surface area (Å²) in [7, 11) is 0. The molecule has 1 aromatic heterocycles. The van der Waals surface area contributed by atoms with Gasteiger partial charge in [0.1, 0.15) is 0 Å². The zero-order chi connectivity index (χ0) is 15.7. The molecule has 0 fully saturated rings. The van der Waals surface area contributed by atoms with E-state index in [1.165, 1.54) is 4.68 Å². The van der Waals surface area contributed by atoms with E-state index in [2.05, 4.69) is 11.2 Å². The van der Waals surface area contributed by atoms with Crippen LogP contribution in [0.1, 0.15) is 5.69 Å². The molecule has 2 aromatic carbocycles. The minimum absolute atomic E-state index is 0.339. The van der Waals surface area contributed by atoms with E-state index in [-0.39, 0.29) is 0 Å². The van der Waals surface area contributed by atoms with Crippen molar-refractivity contribution in [2.24, 2.45) is 0 Å². The van der Waals surface area contributed by atoms with Crippen LogP contribution in [0.3, 0.4) is 0 Å². The van der Waals surface area contributed by atoms with Gasteiger partial charge in [0.05, 0.1) is 11.4 Å². The van der Waals surface area contributed by atoms with Gasteiger partial charge in [-0.25, -0.2) is 4.68 Å². The van der Waals surface area contributed by atoms with Gasteiger partial charge >= 0.3 is 6.18 Å². The van der Waals surface area contributed by atoms with Crippen LogP contribution in [0.15, 0.2) is 54.6 Å². The molecule has 0 spiro atoms. The molecule has 0 atom stereocenters. The van der Waals surface area contributed by atoms with E-state index in [9.17, 15) is 13.2 Å². The summed E-state index contributed by atoms with van der Waals surface area (Å²) in [5, 5.41) is 4.19. The molecule has 0 amide bonds. The minimum Gasteiger partial charge on any atom is -0.233 e. The lowest BCUT2D eigenvalue weighted by molar-refractivity contribution is -0.141. The standard InChI is InChI=1S/C16H9ClF3N2/c17-12-6-8-13(9-7-12)22-14(11-4-2-1-3-5-11)10-15(21-22)16(18,19)20/h1-2,4-10H. The first-order valence-electron chi connectivity index (χ1n) is 6.35. The summed E-state index contributed by atoms with van der Waals surface area (Å²) in [6.45, 7) is 0.